The number of carboxylic acids is 2. The zero-order valence-corrected chi connectivity index (χ0v) is 27.0. The van der Waals surface area contributed by atoms with Crippen LogP contribution in [0.3, 0.4) is 0 Å². The van der Waals surface area contributed by atoms with Crippen LogP contribution in [0.1, 0.15) is 107 Å². The Bertz CT molecular complexity index is 1040. The largest absolute Gasteiger partial charge is 2.00 e. The van der Waals surface area contributed by atoms with Crippen LogP contribution in [0.25, 0.3) is 0 Å². The van der Waals surface area contributed by atoms with Crippen LogP contribution in [0.15, 0.2) is 34.3 Å². The van der Waals surface area contributed by atoms with Crippen LogP contribution in [0.2, 0.25) is 0 Å². The first-order chi connectivity index (χ1) is 19.5. The third-order valence-electron chi connectivity index (χ3n) is 5.99. The van der Waals surface area contributed by atoms with E-state index >= 15 is 0 Å². The first-order valence-corrected chi connectivity index (χ1v) is 14.5. The van der Waals surface area contributed by atoms with E-state index in [0.717, 1.165) is 93.9 Å². The molecule has 1 radical (unpaired) electrons. The Morgan fingerprint density at radius 2 is 1.02 bits per heavy atom. The van der Waals surface area contributed by atoms with Crippen molar-refractivity contribution in [2.75, 3.05) is 13.1 Å². The maximum absolute atomic E-state index is 10.5. The number of rotatable bonds is 14. The van der Waals surface area contributed by atoms with Gasteiger partial charge in [0.15, 0.2) is 0 Å². The molecule has 0 heterocycles. The van der Waals surface area contributed by atoms with E-state index in [1.807, 2.05) is 0 Å². The minimum absolute atomic E-state index is 0. The van der Waals surface area contributed by atoms with E-state index in [1.165, 1.54) is 11.1 Å². The van der Waals surface area contributed by atoms with Gasteiger partial charge < -0.3 is 30.0 Å². The van der Waals surface area contributed by atoms with E-state index in [1.54, 1.807) is 12.4 Å². The van der Waals surface area contributed by atoms with Crippen molar-refractivity contribution in [1.82, 2.24) is 0 Å². The fraction of sp³-hybridized carbons (Fsp3) is 0.515. The first-order valence-electron chi connectivity index (χ1n) is 14.5. The smallest absolute Gasteiger partial charge is 0.550 e. The number of carbonyl (C=O) groups excluding carboxylic acids is 2. The van der Waals surface area contributed by atoms with E-state index in [-0.39, 0.29) is 16.8 Å². The second-order valence-electron chi connectivity index (χ2n) is 9.71. The third-order valence-corrected chi connectivity index (χ3v) is 5.99. The summed E-state index contributed by atoms with van der Waals surface area (Å²) in [5.41, 5.74) is 6.13. The minimum Gasteiger partial charge on any atom is -0.550 e. The molecule has 0 spiro atoms. The van der Waals surface area contributed by atoms with E-state index < -0.39 is 11.9 Å². The standard InChI is InChI=1S/C29H42N2O2.2C2H4O2.Co/c1-5-9-12-22-16-24(7-3)28(32)26(18-22)20-30-14-11-15-31-21-27-19-23(13-10-6-2)17-25(8-4)29(27)33;2*1-2(3)4;/h16-21,32-33H,5-15H2,1-4H3;2*1H3,(H,3,4);/q;;;+2/p-2. The molecular weight excluding hydrogens is 579 g/mol. The molecule has 0 aliphatic carbocycles. The monoisotopic (exact) mass is 627 g/mol. The van der Waals surface area contributed by atoms with E-state index in [0.29, 0.717) is 24.6 Å². The number of phenols is 2. The number of nitrogens with zero attached hydrogens (tertiary/aromatic N) is 2. The quantitative estimate of drug-likeness (QED) is 0.235. The Labute approximate surface area is 262 Å². The summed E-state index contributed by atoms with van der Waals surface area (Å²) in [6.07, 6.45) is 12.7. The van der Waals surface area contributed by atoms with Crippen molar-refractivity contribution in [3.8, 4) is 11.5 Å². The van der Waals surface area contributed by atoms with Crippen LogP contribution in [-0.2, 0) is 52.1 Å². The average molecular weight is 628 g/mol. The van der Waals surface area contributed by atoms with Gasteiger partial charge in [0, 0.05) is 48.6 Å². The molecule has 0 atom stereocenters. The molecule has 0 aromatic heterocycles. The Balaban J connectivity index is 0. The fourth-order valence-corrected chi connectivity index (χ4v) is 3.94. The van der Waals surface area contributed by atoms with E-state index in [4.69, 9.17) is 19.8 Å². The number of carboxylic acid groups (broad SMARTS) is 2. The number of carbonyl (C=O) groups is 2. The molecule has 0 aliphatic rings. The van der Waals surface area contributed by atoms with Gasteiger partial charge in [-0.2, -0.15) is 0 Å². The summed E-state index contributed by atoms with van der Waals surface area (Å²) < 4.78 is 0. The fourth-order valence-electron chi connectivity index (χ4n) is 3.94. The van der Waals surface area contributed by atoms with Crippen molar-refractivity contribution in [2.45, 2.75) is 99.3 Å². The molecule has 0 bridgehead atoms. The summed E-state index contributed by atoms with van der Waals surface area (Å²) in [5.74, 6) is -1.46. The van der Waals surface area contributed by atoms with Crippen LogP contribution in [0.4, 0.5) is 0 Å². The molecule has 2 rings (SSSR count). The second kappa shape index (κ2) is 24.4. The molecule has 9 heteroatoms. The molecule has 0 unspecified atom stereocenters. The molecule has 0 saturated heterocycles. The van der Waals surface area contributed by atoms with Crippen LogP contribution < -0.4 is 10.2 Å². The van der Waals surface area contributed by atoms with Crippen molar-refractivity contribution in [3.05, 3.63) is 57.6 Å². The first kappa shape index (κ1) is 41.0. The van der Waals surface area contributed by atoms with Crippen LogP contribution in [0.5, 0.6) is 11.5 Å². The average Bonchev–Trinajstić information content (AvgIpc) is 2.91. The summed E-state index contributed by atoms with van der Waals surface area (Å²) in [6.45, 7) is 11.8. The molecule has 2 aromatic carbocycles. The van der Waals surface area contributed by atoms with Crippen LogP contribution in [-0.4, -0.2) is 47.7 Å². The molecule has 0 saturated carbocycles. The van der Waals surface area contributed by atoms with Crippen LogP contribution >= 0.6 is 0 Å². The Kier molecular flexibility index (Phi) is 23.8. The van der Waals surface area contributed by atoms with Gasteiger partial charge >= 0.3 is 16.8 Å². The number of phenolic OH excluding ortho intramolecular Hbond substituents is 2. The summed E-state index contributed by atoms with van der Waals surface area (Å²) in [4.78, 5) is 26.8. The SMILES string of the molecule is CC(=O)[O-].CC(=O)[O-].CCCCc1cc(C=NCCCN=Cc2cc(CCCC)cc(CC)c2O)c(O)c(CC)c1.[Co+2]. The summed E-state index contributed by atoms with van der Waals surface area (Å²) >= 11 is 0. The number of aromatic hydroxyl groups is 2. The van der Waals surface area contributed by atoms with Crippen molar-refractivity contribution in [3.63, 3.8) is 0 Å². The number of aliphatic carboxylic acids is 2. The summed E-state index contributed by atoms with van der Waals surface area (Å²) in [5, 5.41) is 38.8. The molecule has 42 heavy (non-hydrogen) atoms. The van der Waals surface area contributed by atoms with Gasteiger partial charge in [-0.25, -0.2) is 0 Å². The Morgan fingerprint density at radius 1 is 0.690 bits per heavy atom. The molecule has 2 aromatic rings. The molecule has 8 nitrogen and oxygen atoms in total. The zero-order chi connectivity index (χ0) is 31.2. The maximum atomic E-state index is 10.5. The third kappa shape index (κ3) is 18.3. The molecule has 0 aliphatic heterocycles. The summed E-state index contributed by atoms with van der Waals surface area (Å²) in [6, 6.07) is 8.36. The van der Waals surface area contributed by atoms with Gasteiger partial charge in [0.25, 0.3) is 0 Å². The Morgan fingerprint density at radius 3 is 1.31 bits per heavy atom. The molecule has 235 valence electrons. The van der Waals surface area contributed by atoms with Gasteiger partial charge in [0.05, 0.1) is 0 Å². The summed E-state index contributed by atoms with van der Waals surface area (Å²) in [7, 11) is 0. The van der Waals surface area contributed by atoms with Gasteiger partial charge in [0.2, 0.25) is 0 Å². The number of aryl methyl sites for hydroxylation is 4. The van der Waals surface area contributed by atoms with Crippen molar-refractivity contribution >= 4 is 24.4 Å². The molecular formula is C33H48CoN2O6. The minimum atomic E-state index is -1.08. The predicted octanol–water partition coefficient (Wildman–Crippen LogP) is 4.35. The molecule has 0 amide bonds. The molecule has 0 fully saturated rings. The van der Waals surface area contributed by atoms with Gasteiger partial charge in [0.1, 0.15) is 11.5 Å². The van der Waals surface area contributed by atoms with E-state index in [2.05, 4.69) is 61.9 Å². The van der Waals surface area contributed by atoms with Gasteiger partial charge in [-0.1, -0.05) is 52.7 Å². The number of hydrogen-bond acceptors (Lipinski definition) is 8. The Hall–Kier alpha value is -3.17. The molecule has 2 N–H and O–H groups in total. The second-order valence-corrected chi connectivity index (χ2v) is 9.71. The topological polar surface area (TPSA) is 145 Å². The number of unbranched alkanes of at least 4 members (excludes halogenated alkanes) is 2. The van der Waals surface area contributed by atoms with Crippen LogP contribution in [0, 0.1) is 0 Å². The van der Waals surface area contributed by atoms with Crippen molar-refractivity contribution < 1.29 is 46.8 Å². The van der Waals surface area contributed by atoms with Crippen molar-refractivity contribution in [2.24, 2.45) is 9.98 Å². The van der Waals surface area contributed by atoms with Gasteiger partial charge in [-0.3, -0.25) is 9.98 Å². The number of aliphatic imine (C=N–C) groups is 2. The van der Waals surface area contributed by atoms with Crippen molar-refractivity contribution in [1.29, 1.82) is 0 Å². The number of benzene rings is 2. The van der Waals surface area contributed by atoms with Gasteiger partial charge in [-0.05, 0) is 93.2 Å². The predicted molar refractivity (Wildman–Crippen MR) is 163 cm³/mol. The number of hydrogen-bond donors (Lipinski definition) is 2. The normalized spacial score (nSPS) is 10.4. The van der Waals surface area contributed by atoms with E-state index in [9.17, 15) is 10.2 Å². The maximum Gasteiger partial charge on any atom is 2.00 e. The van der Waals surface area contributed by atoms with Gasteiger partial charge in [-0.15, -0.1) is 0 Å². The zero-order valence-electron chi connectivity index (χ0n) is 26.0.